The van der Waals surface area contributed by atoms with E-state index in [0.29, 0.717) is 11.2 Å². The van der Waals surface area contributed by atoms with Crippen LogP contribution < -0.4 is 5.73 Å². The molecular formula is C14H18N5O5P. The number of aromatic nitrogens is 4. The summed E-state index contributed by atoms with van der Waals surface area (Å²) in [4.78, 5) is 30.6. The third-order valence-corrected chi connectivity index (χ3v) is 6.18. The largest absolute Gasteiger partial charge is 0.389 e. The summed E-state index contributed by atoms with van der Waals surface area (Å²) in [5, 5.41) is 21.2. The Morgan fingerprint density at radius 3 is 2.68 bits per heavy atom. The number of anilines is 1. The lowest BCUT2D eigenvalue weighted by Crippen LogP contribution is -2.41. The number of allylic oxidation sites excluding steroid dienone is 1. The Bertz CT molecular complexity index is 910. The van der Waals surface area contributed by atoms with E-state index < -0.39 is 31.3 Å². The Kier molecular flexibility index (Phi) is 3.54. The summed E-state index contributed by atoms with van der Waals surface area (Å²) in [5.41, 5.74) is 5.76. The van der Waals surface area contributed by atoms with Gasteiger partial charge in [-0.3, -0.25) is 4.57 Å². The van der Waals surface area contributed by atoms with Crippen molar-refractivity contribution in [3.63, 3.8) is 0 Å². The van der Waals surface area contributed by atoms with Gasteiger partial charge in [-0.15, -0.1) is 0 Å². The fourth-order valence-corrected chi connectivity index (χ4v) is 4.74. The zero-order chi connectivity index (χ0) is 18.0. The first-order valence-corrected chi connectivity index (χ1v) is 9.57. The average molecular weight is 367 g/mol. The molecule has 0 spiro atoms. The molecule has 1 saturated carbocycles. The van der Waals surface area contributed by atoms with Gasteiger partial charge in [-0.25, -0.2) is 15.0 Å². The van der Waals surface area contributed by atoms with Gasteiger partial charge in [0.05, 0.1) is 24.6 Å². The highest BCUT2D eigenvalue weighted by Gasteiger charge is 2.62. The number of hydrogen-bond acceptors (Lipinski definition) is 7. The van der Waals surface area contributed by atoms with Crippen molar-refractivity contribution >= 4 is 24.6 Å². The van der Waals surface area contributed by atoms with Gasteiger partial charge in [-0.1, -0.05) is 12.2 Å². The van der Waals surface area contributed by atoms with Gasteiger partial charge < -0.3 is 30.3 Å². The standard InChI is InChI=1S/C14H18N5O5P/c15-12-8-13(17-5-16-12)19(6-18-8)9-7-1-2-14(7,11(21)10(9)20)3-4-25(22,23)24/h1-2,5-7,9-11,20-21H,3-4H2,(H2,15,16,17)(H2,22,23,24)/t7-,9-,10+,11+,14+/m1/s1. The molecule has 25 heavy (non-hydrogen) atoms. The van der Waals surface area contributed by atoms with Gasteiger partial charge >= 0.3 is 7.60 Å². The molecule has 0 aliphatic heterocycles. The summed E-state index contributed by atoms with van der Waals surface area (Å²) in [6, 6.07) is -0.559. The van der Waals surface area contributed by atoms with Crippen molar-refractivity contribution in [3.05, 3.63) is 24.8 Å². The molecule has 1 fully saturated rings. The van der Waals surface area contributed by atoms with Crippen molar-refractivity contribution in [1.29, 1.82) is 0 Å². The molecule has 0 unspecified atom stereocenters. The van der Waals surface area contributed by atoms with E-state index in [4.69, 9.17) is 5.73 Å². The fourth-order valence-electron chi connectivity index (χ4n) is 4.06. The third-order valence-electron chi connectivity index (χ3n) is 5.37. The first-order chi connectivity index (χ1) is 11.7. The predicted molar refractivity (Wildman–Crippen MR) is 87.4 cm³/mol. The maximum absolute atomic E-state index is 11.3. The van der Waals surface area contributed by atoms with E-state index in [9.17, 15) is 24.6 Å². The molecule has 5 atom stereocenters. The molecule has 0 bridgehead atoms. The summed E-state index contributed by atoms with van der Waals surface area (Å²) in [6.45, 7) is 0. The zero-order valence-electron chi connectivity index (χ0n) is 13.0. The average Bonchev–Trinajstić information content (AvgIpc) is 2.99. The second-order valence-electron chi connectivity index (χ2n) is 6.64. The van der Waals surface area contributed by atoms with Crippen molar-refractivity contribution in [3.8, 4) is 0 Å². The molecule has 10 nitrogen and oxygen atoms in total. The van der Waals surface area contributed by atoms with Crippen LogP contribution >= 0.6 is 7.60 Å². The SMILES string of the molecule is Nc1ncnc2c1ncn2[C@H]1[C@H](O)[C@H](O)[C@]2(CCP(=O)(O)O)C=C[C@H]12. The van der Waals surface area contributed by atoms with E-state index in [1.807, 2.05) is 6.08 Å². The van der Waals surface area contributed by atoms with Crippen molar-refractivity contribution < 1.29 is 24.6 Å². The molecule has 6 N–H and O–H groups in total. The van der Waals surface area contributed by atoms with E-state index in [1.54, 1.807) is 10.6 Å². The molecule has 0 radical (unpaired) electrons. The molecular weight excluding hydrogens is 349 g/mol. The Morgan fingerprint density at radius 2 is 2.04 bits per heavy atom. The fraction of sp³-hybridized carbons (Fsp3) is 0.500. The molecule has 2 aromatic rings. The van der Waals surface area contributed by atoms with E-state index in [2.05, 4.69) is 15.0 Å². The third kappa shape index (κ3) is 2.33. The predicted octanol–water partition coefficient (Wildman–Crippen LogP) is -0.575. The molecule has 2 heterocycles. The molecule has 0 saturated heterocycles. The van der Waals surface area contributed by atoms with Crippen molar-refractivity contribution in [1.82, 2.24) is 19.5 Å². The Hall–Kier alpha value is -1.84. The minimum atomic E-state index is -4.21. The Morgan fingerprint density at radius 1 is 1.28 bits per heavy atom. The van der Waals surface area contributed by atoms with Gasteiger partial charge in [0, 0.05) is 11.3 Å². The minimum Gasteiger partial charge on any atom is -0.389 e. The number of aliphatic hydroxyl groups is 2. The lowest BCUT2D eigenvalue weighted by Gasteiger charge is -2.42. The lowest BCUT2D eigenvalue weighted by molar-refractivity contribution is -0.0177. The quantitative estimate of drug-likeness (QED) is 0.351. The topological polar surface area (TPSA) is 168 Å². The molecule has 0 aromatic carbocycles. The van der Waals surface area contributed by atoms with Crippen LogP contribution in [0.1, 0.15) is 12.5 Å². The lowest BCUT2D eigenvalue weighted by atomic mass is 9.65. The first-order valence-electron chi connectivity index (χ1n) is 7.78. The van der Waals surface area contributed by atoms with Gasteiger partial charge in [0.2, 0.25) is 0 Å². The normalized spacial score (nSPS) is 34.2. The minimum absolute atomic E-state index is 0.0803. The van der Waals surface area contributed by atoms with Crippen LogP contribution in [0.5, 0.6) is 0 Å². The van der Waals surface area contributed by atoms with Gasteiger partial charge in [-0.2, -0.15) is 0 Å². The maximum atomic E-state index is 11.3. The number of imidazole rings is 1. The van der Waals surface area contributed by atoms with E-state index in [0.717, 1.165) is 0 Å². The maximum Gasteiger partial charge on any atom is 0.325 e. The number of nitrogens with zero attached hydrogens (tertiary/aromatic N) is 4. The number of hydrogen-bond donors (Lipinski definition) is 5. The van der Waals surface area contributed by atoms with Crippen molar-refractivity contribution in [2.24, 2.45) is 11.3 Å². The second kappa shape index (κ2) is 5.33. The summed E-state index contributed by atoms with van der Waals surface area (Å²) in [6.07, 6.45) is 3.79. The number of nitrogen functional groups attached to an aromatic ring is 1. The molecule has 2 aliphatic carbocycles. The van der Waals surface area contributed by atoms with Crippen LogP contribution in [-0.4, -0.2) is 57.9 Å². The molecule has 2 aromatic heterocycles. The molecule has 134 valence electrons. The first kappa shape index (κ1) is 16.6. The summed E-state index contributed by atoms with van der Waals surface area (Å²) < 4.78 is 12.9. The highest BCUT2D eigenvalue weighted by molar-refractivity contribution is 7.51. The summed E-state index contributed by atoms with van der Waals surface area (Å²) in [7, 11) is -4.21. The van der Waals surface area contributed by atoms with E-state index >= 15 is 0 Å². The Balaban J connectivity index is 1.73. The van der Waals surface area contributed by atoms with Gasteiger partial charge in [0.15, 0.2) is 11.5 Å². The number of fused-ring (bicyclic) bond motifs is 2. The van der Waals surface area contributed by atoms with E-state index in [-0.39, 0.29) is 24.3 Å². The number of aliphatic hydroxyl groups excluding tert-OH is 2. The van der Waals surface area contributed by atoms with Crippen LogP contribution in [-0.2, 0) is 4.57 Å². The van der Waals surface area contributed by atoms with Crippen LogP contribution in [0, 0.1) is 11.3 Å². The highest BCUT2D eigenvalue weighted by atomic mass is 31.2. The van der Waals surface area contributed by atoms with Gasteiger partial charge in [0.25, 0.3) is 0 Å². The van der Waals surface area contributed by atoms with Crippen LogP contribution in [0.4, 0.5) is 5.82 Å². The smallest absolute Gasteiger partial charge is 0.325 e. The molecule has 11 heteroatoms. The van der Waals surface area contributed by atoms with E-state index in [1.165, 1.54) is 12.7 Å². The summed E-state index contributed by atoms with van der Waals surface area (Å²) in [5.74, 6) is -0.0775. The van der Waals surface area contributed by atoms with Gasteiger partial charge in [0.1, 0.15) is 17.9 Å². The van der Waals surface area contributed by atoms with Crippen LogP contribution in [0.2, 0.25) is 0 Å². The zero-order valence-corrected chi connectivity index (χ0v) is 13.9. The summed E-state index contributed by atoms with van der Waals surface area (Å²) >= 11 is 0. The number of rotatable bonds is 4. The van der Waals surface area contributed by atoms with Gasteiger partial charge in [-0.05, 0) is 6.42 Å². The Labute approximate surface area is 142 Å². The number of nitrogens with two attached hydrogens (primary N) is 1. The molecule has 2 aliphatic rings. The van der Waals surface area contributed by atoms with Crippen LogP contribution in [0.3, 0.4) is 0 Å². The van der Waals surface area contributed by atoms with Crippen molar-refractivity contribution in [2.75, 3.05) is 11.9 Å². The molecule has 0 amide bonds. The second-order valence-corrected chi connectivity index (χ2v) is 8.42. The molecule has 4 rings (SSSR count). The van der Waals surface area contributed by atoms with Crippen LogP contribution in [0.25, 0.3) is 11.2 Å². The van der Waals surface area contributed by atoms with Crippen molar-refractivity contribution in [2.45, 2.75) is 24.7 Å². The monoisotopic (exact) mass is 367 g/mol. The van der Waals surface area contributed by atoms with Crippen LogP contribution in [0.15, 0.2) is 24.8 Å². The highest BCUT2D eigenvalue weighted by Crippen LogP contribution is 2.60.